The maximum absolute atomic E-state index is 13.1. The molecule has 164 valence electrons. The molecule has 0 radical (unpaired) electrons. The first-order valence-electron chi connectivity index (χ1n) is 10.0. The highest BCUT2D eigenvalue weighted by Crippen LogP contribution is 2.19. The first-order valence-corrected chi connectivity index (χ1v) is 10.0. The zero-order valence-corrected chi connectivity index (χ0v) is 20.1. The Kier molecular flexibility index (Phi) is 9.77. The fourth-order valence-corrected chi connectivity index (χ4v) is 3.55. The van der Waals surface area contributed by atoms with E-state index in [1.165, 1.54) is 12.1 Å². The lowest BCUT2D eigenvalue weighted by molar-refractivity contribution is 0.106. The lowest BCUT2D eigenvalue weighted by atomic mass is 10.1. The standard InChI is InChI=1S/C22H30FN5O.HI/c1-16-5-4-6-21(26-16)28-13-11-19(12-14-28)27-22(24-2)25-15-20(29-3)17-7-9-18(23)10-8-17;/h4-10,19-20H,11-15H2,1-3H3,(H2,24,25,27);1H. The van der Waals surface area contributed by atoms with Crippen LogP contribution < -0.4 is 15.5 Å². The van der Waals surface area contributed by atoms with E-state index in [1.54, 1.807) is 26.3 Å². The summed E-state index contributed by atoms with van der Waals surface area (Å²) in [5.41, 5.74) is 1.97. The molecule has 30 heavy (non-hydrogen) atoms. The number of piperidine rings is 1. The number of aliphatic imine (C=N–C) groups is 1. The summed E-state index contributed by atoms with van der Waals surface area (Å²) in [7, 11) is 3.42. The number of rotatable bonds is 6. The average molecular weight is 527 g/mol. The summed E-state index contributed by atoms with van der Waals surface area (Å²) in [5.74, 6) is 1.55. The van der Waals surface area contributed by atoms with Crippen LogP contribution in [0.15, 0.2) is 47.5 Å². The van der Waals surface area contributed by atoms with Crippen LogP contribution in [0.4, 0.5) is 10.2 Å². The van der Waals surface area contributed by atoms with Crippen LogP contribution in [-0.2, 0) is 4.74 Å². The zero-order valence-electron chi connectivity index (χ0n) is 17.8. The van der Waals surface area contributed by atoms with E-state index in [9.17, 15) is 4.39 Å². The van der Waals surface area contributed by atoms with Gasteiger partial charge in [0.1, 0.15) is 11.6 Å². The van der Waals surface area contributed by atoms with Gasteiger partial charge in [-0.1, -0.05) is 18.2 Å². The van der Waals surface area contributed by atoms with Gasteiger partial charge < -0.3 is 20.3 Å². The summed E-state index contributed by atoms with van der Waals surface area (Å²) < 4.78 is 18.7. The number of nitrogens with one attached hydrogen (secondary N) is 2. The molecule has 2 heterocycles. The Bertz CT molecular complexity index is 809. The number of methoxy groups -OCH3 is 1. The van der Waals surface area contributed by atoms with Gasteiger partial charge in [0.15, 0.2) is 5.96 Å². The Balaban J connectivity index is 0.00000320. The van der Waals surface area contributed by atoms with Crippen molar-refractivity contribution >= 4 is 35.8 Å². The van der Waals surface area contributed by atoms with Crippen molar-refractivity contribution in [1.82, 2.24) is 15.6 Å². The van der Waals surface area contributed by atoms with E-state index in [0.717, 1.165) is 49.0 Å². The molecule has 0 spiro atoms. The van der Waals surface area contributed by atoms with Crippen LogP contribution in [0.2, 0.25) is 0 Å². The second kappa shape index (κ2) is 12.0. The third-order valence-electron chi connectivity index (χ3n) is 5.24. The van der Waals surface area contributed by atoms with Crippen LogP contribution in [0, 0.1) is 12.7 Å². The minimum Gasteiger partial charge on any atom is -0.375 e. The average Bonchev–Trinajstić information content (AvgIpc) is 2.75. The summed E-state index contributed by atoms with van der Waals surface area (Å²) in [5, 5.41) is 6.83. The van der Waals surface area contributed by atoms with E-state index in [4.69, 9.17) is 4.74 Å². The molecule has 1 fully saturated rings. The van der Waals surface area contributed by atoms with Crippen LogP contribution in [-0.4, -0.2) is 50.8 Å². The smallest absolute Gasteiger partial charge is 0.191 e. The molecule has 1 aromatic carbocycles. The summed E-state index contributed by atoms with van der Waals surface area (Å²) in [6, 6.07) is 12.9. The number of benzene rings is 1. The van der Waals surface area contributed by atoms with Gasteiger partial charge >= 0.3 is 0 Å². The van der Waals surface area contributed by atoms with E-state index in [2.05, 4.69) is 37.6 Å². The molecule has 1 aromatic heterocycles. The number of aromatic nitrogens is 1. The lowest BCUT2D eigenvalue weighted by Gasteiger charge is -2.34. The van der Waals surface area contributed by atoms with Gasteiger partial charge in [-0.3, -0.25) is 4.99 Å². The lowest BCUT2D eigenvalue weighted by Crippen LogP contribution is -2.49. The molecule has 8 heteroatoms. The minimum absolute atomic E-state index is 0. The molecule has 1 aliphatic rings. The third-order valence-corrected chi connectivity index (χ3v) is 5.24. The molecule has 1 aliphatic heterocycles. The van der Waals surface area contributed by atoms with Gasteiger partial charge in [0.25, 0.3) is 0 Å². The molecule has 1 saturated heterocycles. The van der Waals surface area contributed by atoms with E-state index in [-0.39, 0.29) is 35.9 Å². The summed E-state index contributed by atoms with van der Waals surface area (Å²) in [6.07, 6.45) is 1.85. The molecule has 1 unspecified atom stereocenters. The topological polar surface area (TPSA) is 61.8 Å². The first kappa shape index (κ1) is 24.3. The molecule has 0 saturated carbocycles. The van der Waals surface area contributed by atoms with E-state index in [1.807, 2.05) is 13.0 Å². The zero-order chi connectivity index (χ0) is 20.6. The molecule has 2 N–H and O–H groups in total. The number of nitrogens with zero attached hydrogens (tertiary/aromatic N) is 3. The van der Waals surface area contributed by atoms with Crippen molar-refractivity contribution in [3.63, 3.8) is 0 Å². The highest BCUT2D eigenvalue weighted by molar-refractivity contribution is 14.0. The normalized spacial score (nSPS) is 16.0. The molecular formula is C22H31FIN5O. The minimum atomic E-state index is -0.249. The number of anilines is 1. The van der Waals surface area contributed by atoms with Gasteiger partial charge in [-0.15, -0.1) is 24.0 Å². The van der Waals surface area contributed by atoms with Crippen molar-refractivity contribution in [3.05, 3.63) is 59.5 Å². The number of hydrogen-bond donors (Lipinski definition) is 2. The van der Waals surface area contributed by atoms with Crippen molar-refractivity contribution in [1.29, 1.82) is 0 Å². The third kappa shape index (κ3) is 6.80. The van der Waals surface area contributed by atoms with Crippen LogP contribution in [0.5, 0.6) is 0 Å². The summed E-state index contributed by atoms with van der Waals surface area (Å²) in [4.78, 5) is 11.3. The van der Waals surface area contributed by atoms with Gasteiger partial charge in [0.05, 0.1) is 6.10 Å². The number of hydrogen-bond acceptors (Lipinski definition) is 4. The molecule has 2 aromatic rings. The van der Waals surface area contributed by atoms with E-state index >= 15 is 0 Å². The van der Waals surface area contributed by atoms with Crippen LogP contribution in [0.25, 0.3) is 0 Å². The Morgan fingerprint density at radius 1 is 1.23 bits per heavy atom. The van der Waals surface area contributed by atoms with Crippen molar-refractivity contribution in [2.75, 3.05) is 38.7 Å². The molecule has 3 rings (SSSR count). The van der Waals surface area contributed by atoms with Crippen molar-refractivity contribution in [2.24, 2.45) is 4.99 Å². The second-order valence-corrected chi connectivity index (χ2v) is 7.27. The van der Waals surface area contributed by atoms with Crippen LogP contribution in [0.3, 0.4) is 0 Å². The number of aryl methyl sites for hydroxylation is 1. The number of ether oxygens (including phenoxy) is 1. The predicted octanol–water partition coefficient (Wildman–Crippen LogP) is 3.67. The maximum Gasteiger partial charge on any atom is 0.191 e. The monoisotopic (exact) mass is 527 g/mol. The first-order chi connectivity index (χ1) is 14.1. The highest BCUT2D eigenvalue weighted by atomic mass is 127. The van der Waals surface area contributed by atoms with Gasteiger partial charge in [0, 0.05) is 45.5 Å². The second-order valence-electron chi connectivity index (χ2n) is 7.27. The van der Waals surface area contributed by atoms with Crippen molar-refractivity contribution in [3.8, 4) is 0 Å². The fourth-order valence-electron chi connectivity index (χ4n) is 3.55. The number of pyridine rings is 1. The van der Waals surface area contributed by atoms with E-state index < -0.39 is 0 Å². The Morgan fingerprint density at radius 3 is 2.53 bits per heavy atom. The van der Waals surface area contributed by atoms with Crippen molar-refractivity contribution in [2.45, 2.75) is 31.9 Å². The Hall–Kier alpha value is -1.94. The molecule has 0 bridgehead atoms. The Morgan fingerprint density at radius 2 is 1.93 bits per heavy atom. The van der Waals surface area contributed by atoms with E-state index in [0.29, 0.717) is 12.6 Å². The van der Waals surface area contributed by atoms with Gasteiger partial charge in [-0.2, -0.15) is 0 Å². The fraction of sp³-hybridized carbons (Fsp3) is 0.455. The van der Waals surface area contributed by atoms with Gasteiger partial charge in [0.2, 0.25) is 0 Å². The largest absolute Gasteiger partial charge is 0.375 e. The van der Waals surface area contributed by atoms with Gasteiger partial charge in [-0.25, -0.2) is 9.37 Å². The summed E-state index contributed by atoms with van der Waals surface area (Å²) in [6.45, 7) is 4.49. The van der Waals surface area contributed by atoms with Crippen LogP contribution in [0.1, 0.15) is 30.2 Å². The molecule has 0 aliphatic carbocycles. The number of halogens is 2. The molecular weight excluding hydrogens is 496 g/mol. The summed E-state index contributed by atoms with van der Waals surface area (Å²) >= 11 is 0. The number of guanidine groups is 1. The molecule has 0 amide bonds. The van der Waals surface area contributed by atoms with Crippen LogP contribution >= 0.6 is 24.0 Å². The quantitative estimate of drug-likeness (QED) is 0.341. The predicted molar refractivity (Wildman–Crippen MR) is 130 cm³/mol. The van der Waals surface area contributed by atoms with Gasteiger partial charge in [-0.05, 0) is 49.6 Å². The Labute approximate surface area is 195 Å². The van der Waals surface area contributed by atoms with Crippen molar-refractivity contribution < 1.29 is 9.13 Å². The molecule has 6 nitrogen and oxygen atoms in total. The maximum atomic E-state index is 13.1. The molecule has 1 atom stereocenters. The highest BCUT2D eigenvalue weighted by Gasteiger charge is 2.21. The SMILES string of the molecule is CN=C(NCC(OC)c1ccc(F)cc1)NC1CCN(c2cccc(C)n2)CC1.I.